The van der Waals surface area contributed by atoms with E-state index in [2.05, 4.69) is 15.3 Å². The molecular weight excluding hydrogens is 469 g/mol. The van der Waals surface area contributed by atoms with Gasteiger partial charge in [0.05, 0.1) is 23.4 Å². The van der Waals surface area contributed by atoms with Crippen molar-refractivity contribution in [2.45, 2.75) is 50.7 Å². The van der Waals surface area contributed by atoms with Gasteiger partial charge < -0.3 is 10.1 Å². The summed E-state index contributed by atoms with van der Waals surface area (Å²) >= 11 is 6.20. The number of ketones is 1. The van der Waals surface area contributed by atoms with Crippen LogP contribution in [0.5, 0.6) is 0 Å². The second kappa shape index (κ2) is 9.02. The molecular formula is C24H25ClF3N4O2+. The quantitative estimate of drug-likeness (QED) is 0.468. The SMILES string of the molecule is C[C@]1(c2cccc(C(F)F)c2F)C=[N+]1c1nc(Cl)nc2c1CC(CCC(=O)C1CNCCO1)C2. The summed E-state index contributed by atoms with van der Waals surface area (Å²) in [5.74, 6) is -0.0554. The van der Waals surface area contributed by atoms with Crippen LogP contribution in [0.1, 0.15) is 48.6 Å². The van der Waals surface area contributed by atoms with E-state index >= 15 is 0 Å². The van der Waals surface area contributed by atoms with Crippen LogP contribution in [0.3, 0.4) is 0 Å². The Balaban J connectivity index is 1.33. The third-order valence-corrected chi connectivity index (χ3v) is 7.12. The molecule has 0 bridgehead atoms. The zero-order valence-electron chi connectivity index (χ0n) is 18.7. The fourth-order valence-electron chi connectivity index (χ4n) is 5.00. The number of alkyl halides is 2. The zero-order valence-corrected chi connectivity index (χ0v) is 19.4. The van der Waals surface area contributed by atoms with Crippen molar-refractivity contribution >= 4 is 29.4 Å². The van der Waals surface area contributed by atoms with Gasteiger partial charge in [-0.05, 0) is 48.7 Å². The molecule has 0 radical (unpaired) electrons. The number of carbonyl (C=O) groups excluding carboxylic acids is 1. The first-order chi connectivity index (χ1) is 16.3. The molecule has 5 rings (SSSR count). The smallest absolute Gasteiger partial charge is 0.336 e. The number of fused-ring (bicyclic) bond motifs is 1. The number of aromatic nitrogens is 2. The molecule has 1 aromatic carbocycles. The molecule has 2 aliphatic heterocycles. The normalized spacial score (nSPS) is 25.9. The first-order valence-electron chi connectivity index (χ1n) is 11.4. The average molecular weight is 494 g/mol. The summed E-state index contributed by atoms with van der Waals surface area (Å²) in [6.07, 6.45) is 0.907. The second-order valence-corrected chi connectivity index (χ2v) is 9.58. The Labute approximate surface area is 200 Å². The molecule has 10 heteroatoms. The second-order valence-electron chi connectivity index (χ2n) is 9.24. The van der Waals surface area contributed by atoms with Crippen LogP contribution in [-0.4, -0.2) is 52.3 Å². The van der Waals surface area contributed by atoms with Crippen LogP contribution in [0.25, 0.3) is 0 Å². The van der Waals surface area contributed by atoms with Crippen molar-refractivity contribution in [3.05, 3.63) is 51.7 Å². The molecule has 1 aromatic heterocycles. The Morgan fingerprint density at radius 1 is 1.35 bits per heavy atom. The molecule has 1 saturated heterocycles. The van der Waals surface area contributed by atoms with E-state index < -0.39 is 29.4 Å². The summed E-state index contributed by atoms with van der Waals surface area (Å²) in [5, 5.41) is 3.25. The number of carbonyl (C=O) groups is 1. The minimum atomic E-state index is -2.90. The summed E-state index contributed by atoms with van der Waals surface area (Å²) in [4.78, 5) is 21.3. The monoisotopic (exact) mass is 493 g/mol. The van der Waals surface area contributed by atoms with Gasteiger partial charge in [-0.2, -0.15) is 4.98 Å². The lowest BCUT2D eigenvalue weighted by Gasteiger charge is -2.22. The molecule has 1 N–H and O–H groups in total. The lowest BCUT2D eigenvalue weighted by molar-refractivity contribution is -0.425. The van der Waals surface area contributed by atoms with E-state index in [0.29, 0.717) is 44.7 Å². The molecule has 6 nitrogen and oxygen atoms in total. The first kappa shape index (κ1) is 23.4. The predicted octanol–water partition coefficient (Wildman–Crippen LogP) is 3.90. The largest absolute Gasteiger partial charge is 0.368 e. The van der Waals surface area contributed by atoms with Crippen LogP contribution in [-0.2, 0) is 27.9 Å². The van der Waals surface area contributed by atoms with E-state index in [9.17, 15) is 18.0 Å². The summed E-state index contributed by atoms with van der Waals surface area (Å²) < 4.78 is 48.6. The molecule has 3 heterocycles. The highest BCUT2D eigenvalue weighted by Crippen LogP contribution is 2.44. The van der Waals surface area contributed by atoms with Gasteiger partial charge in [0.25, 0.3) is 6.43 Å². The number of morpholine rings is 1. The Hall–Kier alpha value is -2.36. The number of hydrogen-bond acceptors (Lipinski definition) is 5. The lowest BCUT2D eigenvalue weighted by atomic mass is 9.96. The highest BCUT2D eigenvalue weighted by Gasteiger charge is 2.53. The van der Waals surface area contributed by atoms with Crippen molar-refractivity contribution in [3.8, 4) is 0 Å². The lowest BCUT2D eigenvalue weighted by Crippen LogP contribution is -2.43. The molecule has 2 unspecified atom stereocenters. The van der Waals surface area contributed by atoms with Crippen LogP contribution in [0.15, 0.2) is 18.2 Å². The number of Topliss-reactive ketones (excluding diaryl/α,β-unsaturated/α-hetero) is 1. The van der Waals surface area contributed by atoms with E-state index in [1.807, 2.05) is 0 Å². The van der Waals surface area contributed by atoms with Crippen molar-refractivity contribution in [3.63, 3.8) is 0 Å². The fraction of sp³-hybridized carbons (Fsp3) is 0.500. The Morgan fingerprint density at radius 3 is 2.91 bits per heavy atom. The predicted molar refractivity (Wildman–Crippen MR) is 119 cm³/mol. The summed E-state index contributed by atoms with van der Waals surface area (Å²) in [5.41, 5.74) is 0.344. The molecule has 0 spiro atoms. The first-order valence-corrected chi connectivity index (χ1v) is 11.8. The van der Waals surface area contributed by atoms with E-state index in [1.165, 1.54) is 12.1 Å². The molecule has 34 heavy (non-hydrogen) atoms. The minimum absolute atomic E-state index is 0.0802. The van der Waals surface area contributed by atoms with Crippen LogP contribution in [0.4, 0.5) is 19.0 Å². The molecule has 180 valence electrons. The fourth-order valence-corrected chi connectivity index (χ4v) is 5.18. The van der Waals surface area contributed by atoms with Crippen LogP contribution < -0.4 is 5.32 Å². The van der Waals surface area contributed by atoms with Crippen LogP contribution in [0.2, 0.25) is 5.28 Å². The standard InChI is InChI=1S/C24H25ClF3N4O2/c1-24(16-4-2-3-14(20(16)26)21(27)28)12-32(24)22-15-9-13(10-17(15)30-23(25)31-22)5-6-18(33)19-11-29-7-8-34-19/h2-4,12-13,19,21,29H,5-11H2,1H3/q+1/t13?,19?,24-/m1/s1. The molecule has 1 fully saturated rings. The average Bonchev–Trinajstić information content (AvgIpc) is 3.33. The molecule has 3 aliphatic rings. The number of benzene rings is 1. The highest BCUT2D eigenvalue weighted by molar-refractivity contribution is 6.28. The number of nitrogens with one attached hydrogen (secondary N) is 1. The van der Waals surface area contributed by atoms with E-state index in [1.54, 1.807) is 17.7 Å². The van der Waals surface area contributed by atoms with E-state index in [-0.39, 0.29) is 22.5 Å². The van der Waals surface area contributed by atoms with Gasteiger partial charge in [0.15, 0.2) is 11.3 Å². The maximum Gasteiger partial charge on any atom is 0.336 e. The number of rotatable bonds is 7. The maximum atomic E-state index is 14.9. The summed E-state index contributed by atoms with van der Waals surface area (Å²) in [6.45, 7) is 3.59. The van der Waals surface area contributed by atoms with Crippen molar-refractivity contribution < 1.29 is 27.3 Å². The van der Waals surface area contributed by atoms with Crippen LogP contribution >= 0.6 is 11.6 Å². The Morgan fingerprint density at radius 2 is 2.18 bits per heavy atom. The Kier molecular flexibility index (Phi) is 6.20. The number of ether oxygens (including phenoxy) is 1. The molecule has 0 amide bonds. The topological polar surface area (TPSA) is 67.1 Å². The van der Waals surface area contributed by atoms with Crippen molar-refractivity contribution in [1.82, 2.24) is 15.3 Å². The van der Waals surface area contributed by atoms with Gasteiger partial charge >= 0.3 is 11.1 Å². The van der Waals surface area contributed by atoms with E-state index in [4.69, 9.17) is 16.3 Å². The molecule has 2 aromatic rings. The van der Waals surface area contributed by atoms with Gasteiger partial charge in [0, 0.05) is 25.1 Å². The molecule has 3 atom stereocenters. The van der Waals surface area contributed by atoms with Gasteiger partial charge in [0.1, 0.15) is 18.1 Å². The third kappa shape index (κ3) is 4.25. The summed E-state index contributed by atoms with van der Waals surface area (Å²) in [6, 6.07) is 4.04. The highest BCUT2D eigenvalue weighted by atomic mass is 35.5. The minimum Gasteiger partial charge on any atom is -0.368 e. The molecule has 0 saturated carbocycles. The van der Waals surface area contributed by atoms with Gasteiger partial charge in [0.2, 0.25) is 0 Å². The zero-order chi connectivity index (χ0) is 24.0. The van der Waals surface area contributed by atoms with Crippen molar-refractivity contribution in [2.24, 2.45) is 5.92 Å². The Bertz CT molecular complexity index is 1170. The van der Waals surface area contributed by atoms with Crippen molar-refractivity contribution in [1.29, 1.82) is 0 Å². The van der Waals surface area contributed by atoms with Crippen molar-refractivity contribution in [2.75, 3.05) is 19.7 Å². The van der Waals surface area contributed by atoms with Gasteiger partial charge in [-0.15, -0.1) is 0 Å². The van der Waals surface area contributed by atoms with E-state index in [0.717, 1.165) is 23.9 Å². The van der Waals surface area contributed by atoms with Gasteiger partial charge in [-0.25, -0.2) is 17.7 Å². The van der Waals surface area contributed by atoms with Gasteiger partial charge in [-0.3, -0.25) is 4.79 Å². The summed E-state index contributed by atoms with van der Waals surface area (Å²) in [7, 11) is 0. The third-order valence-electron chi connectivity index (χ3n) is 6.95. The maximum absolute atomic E-state index is 14.9. The number of hydrogen-bond donors (Lipinski definition) is 1. The van der Waals surface area contributed by atoms with Crippen LogP contribution in [0, 0.1) is 11.7 Å². The van der Waals surface area contributed by atoms with Gasteiger partial charge in [-0.1, -0.05) is 18.2 Å². The number of nitrogens with zero attached hydrogens (tertiary/aromatic N) is 3. The molecule has 1 aliphatic carbocycles. The number of halogens is 4.